The Morgan fingerprint density at radius 2 is 1.29 bits per heavy atom. The number of benzene rings is 3. The molecule has 0 atom stereocenters. The number of nitrogens with zero attached hydrogens (tertiary/aromatic N) is 1. The molecule has 0 radical (unpaired) electrons. The van der Waals surface area contributed by atoms with Crippen molar-refractivity contribution < 1.29 is 18.3 Å². The average molecular weight is 482 g/mol. The van der Waals surface area contributed by atoms with Gasteiger partial charge in [0.25, 0.3) is 0 Å². The van der Waals surface area contributed by atoms with Crippen LogP contribution < -0.4 is 9.47 Å². The summed E-state index contributed by atoms with van der Waals surface area (Å²) >= 11 is 3.01. The van der Waals surface area contributed by atoms with Crippen molar-refractivity contribution in [3.05, 3.63) is 112 Å². The molecule has 0 N–H and O–H groups in total. The highest BCUT2D eigenvalue weighted by atomic mass is 79.9. The molecule has 6 heteroatoms. The van der Waals surface area contributed by atoms with Crippen molar-refractivity contribution >= 4 is 15.9 Å². The summed E-state index contributed by atoms with van der Waals surface area (Å²) in [5.74, 6) is -0.670. The molecule has 0 aliphatic rings. The molecule has 4 rings (SSSR count). The maximum absolute atomic E-state index is 14.6. The third-order valence-corrected chi connectivity index (χ3v) is 5.19. The summed E-state index contributed by atoms with van der Waals surface area (Å²) in [4.78, 5) is 4.43. The predicted octanol–water partition coefficient (Wildman–Crippen LogP) is 6.95. The molecule has 4 aromatic rings. The van der Waals surface area contributed by atoms with Crippen molar-refractivity contribution in [3.8, 4) is 22.9 Å². The van der Waals surface area contributed by atoms with E-state index in [-0.39, 0.29) is 22.5 Å². The van der Waals surface area contributed by atoms with Gasteiger partial charge in [-0.1, -0.05) is 60.7 Å². The highest BCUT2D eigenvalue weighted by Gasteiger charge is 2.17. The Bertz CT molecular complexity index is 1170. The molecule has 0 saturated carbocycles. The van der Waals surface area contributed by atoms with Crippen LogP contribution in [-0.4, -0.2) is 4.98 Å². The standard InChI is InChI=1S/C25H18BrF2NO2/c26-21-14-22(27)20(13-23(21)28)19-11-12-24(30-15-17-7-3-1-4-8-17)29-25(19)31-16-18-9-5-2-6-10-18/h1-14H,15-16H2. The van der Waals surface area contributed by atoms with Crippen LogP contribution >= 0.6 is 15.9 Å². The fourth-order valence-corrected chi connectivity index (χ4v) is 3.32. The molecule has 0 fully saturated rings. The molecular weight excluding hydrogens is 464 g/mol. The normalized spacial score (nSPS) is 10.7. The van der Waals surface area contributed by atoms with E-state index in [1.54, 1.807) is 12.1 Å². The van der Waals surface area contributed by atoms with E-state index in [4.69, 9.17) is 9.47 Å². The fourth-order valence-electron chi connectivity index (χ4n) is 3.01. The molecule has 0 bridgehead atoms. The number of pyridine rings is 1. The molecule has 3 nitrogen and oxygen atoms in total. The van der Waals surface area contributed by atoms with Crippen molar-refractivity contribution in [2.24, 2.45) is 0 Å². The lowest BCUT2D eigenvalue weighted by Crippen LogP contribution is -2.03. The van der Waals surface area contributed by atoms with Gasteiger partial charge in [0, 0.05) is 17.2 Å². The van der Waals surface area contributed by atoms with E-state index in [9.17, 15) is 8.78 Å². The molecule has 0 unspecified atom stereocenters. The molecule has 0 aliphatic heterocycles. The van der Waals surface area contributed by atoms with Crippen LogP contribution in [0.25, 0.3) is 11.1 Å². The summed E-state index contributed by atoms with van der Waals surface area (Å²) in [5.41, 5.74) is 2.31. The van der Waals surface area contributed by atoms with Gasteiger partial charge in [0.05, 0.1) is 4.47 Å². The van der Waals surface area contributed by atoms with E-state index in [2.05, 4.69) is 20.9 Å². The molecule has 0 aliphatic carbocycles. The van der Waals surface area contributed by atoms with E-state index in [1.165, 1.54) is 0 Å². The highest BCUT2D eigenvalue weighted by molar-refractivity contribution is 9.10. The lowest BCUT2D eigenvalue weighted by atomic mass is 10.1. The van der Waals surface area contributed by atoms with Gasteiger partial charge in [-0.25, -0.2) is 8.78 Å². The molecule has 0 saturated heterocycles. The monoisotopic (exact) mass is 481 g/mol. The van der Waals surface area contributed by atoms with E-state index in [0.717, 1.165) is 23.3 Å². The van der Waals surface area contributed by atoms with Crippen LogP contribution in [0.4, 0.5) is 8.78 Å². The predicted molar refractivity (Wildman–Crippen MR) is 119 cm³/mol. The van der Waals surface area contributed by atoms with Crippen LogP contribution in [0.5, 0.6) is 11.8 Å². The Morgan fingerprint density at radius 1 is 0.677 bits per heavy atom. The van der Waals surface area contributed by atoms with Crippen molar-refractivity contribution in [1.82, 2.24) is 4.98 Å². The van der Waals surface area contributed by atoms with E-state index in [1.807, 2.05) is 60.7 Å². The van der Waals surface area contributed by atoms with Gasteiger partial charge in [-0.15, -0.1) is 0 Å². The molecule has 3 aromatic carbocycles. The Labute approximate surface area is 187 Å². The number of hydrogen-bond donors (Lipinski definition) is 0. The summed E-state index contributed by atoms with van der Waals surface area (Å²) in [6.45, 7) is 0.552. The van der Waals surface area contributed by atoms with Gasteiger partial charge in [0.1, 0.15) is 24.8 Å². The van der Waals surface area contributed by atoms with Crippen LogP contribution in [-0.2, 0) is 13.2 Å². The zero-order chi connectivity index (χ0) is 21.6. The lowest BCUT2D eigenvalue weighted by molar-refractivity contribution is 0.268. The van der Waals surface area contributed by atoms with E-state index < -0.39 is 11.6 Å². The Kier molecular flexibility index (Phi) is 6.57. The van der Waals surface area contributed by atoms with Gasteiger partial charge in [-0.3, -0.25) is 0 Å². The smallest absolute Gasteiger partial charge is 0.225 e. The second kappa shape index (κ2) is 9.71. The average Bonchev–Trinajstić information content (AvgIpc) is 2.80. The van der Waals surface area contributed by atoms with Crippen LogP contribution in [0.2, 0.25) is 0 Å². The van der Waals surface area contributed by atoms with Crippen molar-refractivity contribution in [2.75, 3.05) is 0 Å². The van der Waals surface area contributed by atoms with Crippen molar-refractivity contribution in [3.63, 3.8) is 0 Å². The number of rotatable bonds is 7. The zero-order valence-electron chi connectivity index (χ0n) is 16.4. The van der Waals surface area contributed by atoms with Gasteiger partial charge < -0.3 is 9.47 Å². The number of ether oxygens (including phenoxy) is 2. The number of aromatic nitrogens is 1. The van der Waals surface area contributed by atoms with Crippen molar-refractivity contribution in [2.45, 2.75) is 13.2 Å². The topological polar surface area (TPSA) is 31.4 Å². The van der Waals surface area contributed by atoms with Crippen LogP contribution in [0.3, 0.4) is 0 Å². The van der Waals surface area contributed by atoms with Gasteiger partial charge in [-0.05, 0) is 45.3 Å². The molecular formula is C25H18BrF2NO2. The van der Waals surface area contributed by atoms with Crippen LogP contribution in [0, 0.1) is 11.6 Å². The maximum Gasteiger partial charge on any atom is 0.225 e. The Hall–Kier alpha value is -3.25. The van der Waals surface area contributed by atoms with Gasteiger partial charge in [0.2, 0.25) is 11.8 Å². The first kappa shape index (κ1) is 21.0. The van der Waals surface area contributed by atoms with Gasteiger partial charge in [-0.2, -0.15) is 4.98 Å². The van der Waals surface area contributed by atoms with E-state index >= 15 is 0 Å². The number of hydrogen-bond acceptors (Lipinski definition) is 3. The second-order valence-corrected chi connectivity index (χ2v) is 7.65. The quantitative estimate of drug-likeness (QED) is 0.267. The van der Waals surface area contributed by atoms with Crippen molar-refractivity contribution in [1.29, 1.82) is 0 Å². The number of halogens is 3. The molecule has 31 heavy (non-hydrogen) atoms. The summed E-state index contributed by atoms with van der Waals surface area (Å²) in [5, 5.41) is 0. The summed E-state index contributed by atoms with van der Waals surface area (Å²) < 4.78 is 40.5. The first-order valence-corrected chi connectivity index (χ1v) is 10.4. The minimum Gasteiger partial charge on any atom is -0.473 e. The lowest BCUT2D eigenvalue weighted by Gasteiger charge is -2.14. The minimum absolute atomic E-state index is 0.0521. The van der Waals surface area contributed by atoms with Gasteiger partial charge >= 0.3 is 0 Å². The van der Waals surface area contributed by atoms with Crippen LogP contribution in [0.15, 0.2) is 89.4 Å². The SMILES string of the molecule is Fc1cc(-c2ccc(OCc3ccccc3)nc2OCc2ccccc2)c(F)cc1Br. The third kappa shape index (κ3) is 5.27. The largest absolute Gasteiger partial charge is 0.473 e. The maximum atomic E-state index is 14.6. The third-order valence-electron chi connectivity index (χ3n) is 4.58. The zero-order valence-corrected chi connectivity index (χ0v) is 18.0. The molecule has 0 amide bonds. The first-order chi connectivity index (χ1) is 15.1. The first-order valence-electron chi connectivity index (χ1n) is 9.59. The summed E-state index contributed by atoms with van der Waals surface area (Å²) in [6.07, 6.45) is 0. The summed E-state index contributed by atoms with van der Waals surface area (Å²) in [6, 6.07) is 24.7. The van der Waals surface area contributed by atoms with Gasteiger partial charge in [0.15, 0.2) is 0 Å². The van der Waals surface area contributed by atoms with E-state index in [0.29, 0.717) is 18.1 Å². The molecule has 156 valence electrons. The fraction of sp³-hybridized carbons (Fsp3) is 0.0800. The molecule has 1 heterocycles. The van der Waals surface area contributed by atoms with Crippen LogP contribution in [0.1, 0.15) is 11.1 Å². The molecule has 1 aromatic heterocycles. The minimum atomic E-state index is -0.586. The summed E-state index contributed by atoms with van der Waals surface area (Å²) in [7, 11) is 0. The Morgan fingerprint density at radius 3 is 1.94 bits per heavy atom. The molecule has 0 spiro atoms. The highest BCUT2D eigenvalue weighted by Crippen LogP contribution is 2.35. The second-order valence-electron chi connectivity index (χ2n) is 6.80. The Balaban J connectivity index is 1.65.